The van der Waals surface area contributed by atoms with Crippen molar-refractivity contribution in [2.75, 3.05) is 38.2 Å². The number of para-hydroxylation sites is 2. The molecule has 1 fully saturated rings. The number of rotatable bonds is 5. The van der Waals surface area contributed by atoms with E-state index in [9.17, 15) is 4.79 Å². The first-order valence-corrected chi connectivity index (χ1v) is 11.1. The number of carbonyl (C=O) groups excluding carboxylic acids is 1. The predicted molar refractivity (Wildman–Crippen MR) is 119 cm³/mol. The molecule has 7 nitrogen and oxygen atoms in total. The maximum absolute atomic E-state index is 12.8. The van der Waals surface area contributed by atoms with E-state index in [2.05, 4.69) is 21.0 Å². The van der Waals surface area contributed by atoms with Crippen molar-refractivity contribution in [2.24, 2.45) is 0 Å². The van der Waals surface area contributed by atoms with Gasteiger partial charge in [-0.2, -0.15) is 5.10 Å². The minimum absolute atomic E-state index is 0.0953. The number of halogens is 1. The molecule has 2 aromatic heterocycles. The summed E-state index contributed by atoms with van der Waals surface area (Å²) in [6.45, 7) is 6.70. The van der Waals surface area contributed by atoms with Crippen LogP contribution in [0.15, 0.2) is 29.6 Å². The van der Waals surface area contributed by atoms with Crippen LogP contribution < -0.4 is 9.64 Å². The Kier molecular flexibility index (Phi) is 5.97. The molecule has 0 saturated carbocycles. The summed E-state index contributed by atoms with van der Waals surface area (Å²) in [5.74, 6) is 0.953. The summed E-state index contributed by atoms with van der Waals surface area (Å²) in [5.41, 5.74) is 3.46. The van der Waals surface area contributed by atoms with Crippen LogP contribution in [0.4, 0.5) is 5.69 Å². The van der Waals surface area contributed by atoms with Crippen molar-refractivity contribution in [1.82, 2.24) is 19.7 Å². The van der Waals surface area contributed by atoms with Gasteiger partial charge in [-0.3, -0.25) is 4.79 Å². The zero-order valence-corrected chi connectivity index (χ0v) is 18.8. The van der Waals surface area contributed by atoms with E-state index in [-0.39, 0.29) is 12.3 Å². The SMILES string of the molecule is COc1ccccc1N1CCN(C(=O)Cc2csc(-n3nc(C)c(Cl)c3C)n2)CC1. The number of methoxy groups -OCH3 is 1. The average Bonchev–Trinajstić information content (AvgIpc) is 3.33. The number of nitrogens with zero attached hydrogens (tertiary/aromatic N) is 5. The monoisotopic (exact) mass is 445 g/mol. The van der Waals surface area contributed by atoms with Gasteiger partial charge in [0.05, 0.1) is 41.3 Å². The highest BCUT2D eigenvalue weighted by molar-refractivity contribution is 7.12. The summed E-state index contributed by atoms with van der Waals surface area (Å²) in [6.07, 6.45) is 0.290. The third kappa shape index (κ3) is 4.02. The summed E-state index contributed by atoms with van der Waals surface area (Å²) in [6, 6.07) is 7.98. The van der Waals surface area contributed by atoms with Gasteiger partial charge in [0.25, 0.3) is 0 Å². The first kappa shape index (κ1) is 20.7. The van der Waals surface area contributed by atoms with Gasteiger partial charge < -0.3 is 14.5 Å². The maximum atomic E-state index is 12.8. The predicted octanol–water partition coefficient (Wildman–Crippen LogP) is 3.50. The van der Waals surface area contributed by atoms with Crippen molar-refractivity contribution in [3.8, 4) is 10.9 Å². The molecule has 0 N–H and O–H groups in total. The first-order chi connectivity index (χ1) is 14.5. The summed E-state index contributed by atoms with van der Waals surface area (Å²) in [4.78, 5) is 21.6. The molecule has 4 rings (SSSR count). The minimum atomic E-state index is 0.0953. The number of carbonyl (C=O) groups is 1. The fourth-order valence-corrected chi connectivity index (χ4v) is 4.58. The molecule has 9 heteroatoms. The molecular weight excluding hydrogens is 422 g/mol. The molecule has 0 aliphatic carbocycles. The van der Waals surface area contributed by atoms with Crippen molar-refractivity contribution in [1.29, 1.82) is 0 Å². The molecule has 0 spiro atoms. The minimum Gasteiger partial charge on any atom is -0.495 e. The number of anilines is 1. The lowest BCUT2D eigenvalue weighted by Gasteiger charge is -2.36. The molecule has 158 valence electrons. The van der Waals surface area contributed by atoms with Crippen LogP contribution in [0.2, 0.25) is 5.02 Å². The van der Waals surface area contributed by atoms with Gasteiger partial charge in [-0.05, 0) is 26.0 Å². The Morgan fingerprint density at radius 3 is 2.60 bits per heavy atom. The standard InChI is InChI=1S/C21H24ClN5O2S/c1-14-20(22)15(2)27(24-14)21-23-16(13-30-21)12-19(28)26-10-8-25(9-11-26)17-6-4-5-7-18(17)29-3/h4-7,13H,8-12H2,1-3H3. The zero-order chi connectivity index (χ0) is 21.3. The number of hydrogen-bond donors (Lipinski definition) is 0. The highest BCUT2D eigenvalue weighted by Gasteiger charge is 2.24. The molecule has 1 amide bonds. The van der Waals surface area contributed by atoms with E-state index in [4.69, 9.17) is 16.3 Å². The van der Waals surface area contributed by atoms with Crippen LogP contribution in [-0.4, -0.2) is 58.9 Å². The van der Waals surface area contributed by atoms with E-state index in [0.29, 0.717) is 18.1 Å². The zero-order valence-electron chi connectivity index (χ0n) is 17.3. The molecule has 3 aromatic rings. The average molecular weight is 446 g/mol. The Morgan fingerprint density at radius 2 is 1.93 bits per heavy atom. The Morgan fingerprint density at radius 1 is 1.20 bits per heavy atom. The second-order valence-electron chi connectivity index (χ2n) is 7.23. The summed E-state index contributed by atoms with van der Waals surface area (Å²) >= 11 is 7.70. The normalized spacial score (nSPS) is 14.3. The van der Waals surface area contributed by atoms with E-state index < -0.39 is 0 Å². The van der Waals surface area contributed by atoms with Crippen LogP contribution in [0.25, 0.3) is 5.13 Å². The van der Waals surface area contributed by atoms with Crippen molar-refractivity contribution < 1.29 is 9.53 Å². The number of aryl methyl sites for hydroxylation is 1. The lowest BCUT2D eigenvalue weighted by molar-refractivity contribution is -0.130. The second kappa shape index (κ2) is 8.65. The third-order valence-corrected chi connectivity index (χ3v) is 6.73. The second-order valence-corrected chi connectivity index (χ2v) is 8.45. The fraction of sp³-hybridized carbons (Fsp3) is 0.381. The lowest BCUT2D eigenvalue weighted by atomic mass is 10.2. The highest BCUT2D eigenvalue weighted by Crippen LogP contribution is 2.28. The molecule has 0 radical (unpaired) electrons. The molecule has 1 saturated heterocycles. The Balaban J connectivity index is 1.38. The topological polar surface area (TPSA) is 63.5 Å². The molecule has 0 unspecified atom stereocenters. The van der Waals surface area contributed by atoms with Gasteiger partial charge in [0.2, 0.25) is 11.0 Å². The molecule has 3 heterocycles. The molecule has 30 heavy (non-hydrogen) atoms. The highest BCUT2D eigenvalue weighted by atomic mass is 35.5. The number of amides is 1. The van der Waals surface area contributed by atoms with Crippen LogP contribution >= 0.6 is 22.9 Å². The largest absolute Gasteiger partial charge is 0.495 e. The number of thiazole rings is 1. The van der Waals surface area contributed by atoms with Crippen LogP contribution in [0.3, 0.4) is 0 Å². The Bertz CT molecular complexity index is 1060. The Hall–Kier alpha value is -2.58. The first-order valence-electron chi connectivity index (χ1n) is 9.80. The van der Waals surface area contributed by atoms with E-state index >= 15 is 0 Å². The fourth-order valence-electron chi connectivity index (χ4n) is 3.64. The number of aromatic nitrogens is 3. The number of hydrogen-bond acceptors (Lipinski definition) is 6. The van der Waals surface area contributed by atoms with Crippen LogP contribution in [0.1, 0.15) is 17.1 Å². The molecule has 0 atom stereocenters. The van der Waals surface area contributed by atoms with E-state index in [1.54, 1.807) is 11.8 Å². The molecule has 0 bridgehead atoms. The number of ether oxygens (including phenoxy) is 1. The molecule has 1 aliphatic heterocycles. The quantitative estimate of drug-likeness (QED) is 0.601. The van der Waals surface area contributed by atoms with Gasteiger partial charge in [0.15, 0.2) is 0 Å². The number of piperazine rings is 1. The van der Waals surface area contributed by atoms with Gasteiger partial charge in [0.1, 0.15) is 5.75 Å². The van der Waals surface area contributed by atoms with Gasteiger partial charge in [-0.25, -0.2) is 9.67 Å². The van der Waals surface area contributed by atoms with Gasteiger partial charge in [0, 0.05) is 31.6 Å². The van der Waals surface area contributed by atoms with Crippen LogP contribution in [-0.2, 0) is 11.2 Å². The molecule has 1 aliphatic rings. The van der Waals surface area contributed by atoms with Crippen molar-refractivity contribution >= 4 is 34.5 Å². The van der Waals surface area contributed by atoms with Gasteiger partial charge in [-0.1, -0.05) is 23.7 Å². The maximum Gasteiger partial charge on any atom is 0.228 e. The lowest BCUT2D eigenvalue weighted by Crippen LogP contribution is -2.49. The van der Waals surface area contributed by atoms with Gasteiger partial charge >= 0.3 is 0 Å². The summed E-state index contributed by atoms with van der Waals surface area (Å²) < 4.78 is 7.20. The van der Waals surface area contributed by atoms with Gasteiger partial charge in [-0.15, -0.1) is 11.3 Å². The van der Waals surface area contributed by atoms with Crippen molar-refractivity contribution in [2.45, 2.75) is 20.3 Å². The van der Waals surface area contributed by atoms with E-state index in [1.807, 2.05) is 42.3 Å². The summed E-state index contributed by atoms with van der Waals surface area (Å²) in [7, 11) is 1.68. The third-order valence-electron chi connectivity index (χ3n) is 5.31. The van der Waals surface area contributed by atoms with Crippen molar-refractivity contribution in [3.05, 3.63) is 51.7 Å². The molecule has 1 aromatic carbocycles. The van der Waals surface area contributed by atoms with Crippen molar-refractivity contribution in [3.63, 3.8) is 0 Å². The Labute approximate surface area is 184 Å². The van der Waals surface area contributed by atoms with E-state index in [0.717, 1.165) is 46.7 Å². The van der Waals surface area contributed by atoms with E-state index in [1.165, 1.54) is 11.3 Å². The van der Waals surface area contributed by atoms with Crippen LogP contribution in [0, 0.1) is 13.8 Å². The summed E-state index contributed by atoms with van der Waals surface area (Å²) in [5, 5.41) is 7.73. The number of benzene rings is 1. The van der Waals surface area contributed by atoms with Crippen LogP contribution in [0.5, 0.6) is 5.75 Å². The molecular formula is C21H24ClN5O2S. The smallest absolute Gasteiger partial charge is 0.228 e.